The number of anilines is 1. The molecule has 3 rings (SSSR count). The maximum Gasteiger partial charge on any atom is 0.181 e. The molecule has 1 N–H and O–H groups in total. The third-order valence-corrected chi connectivity index (χ3v) is 4.45. The molecule has 1 aromatic heterocycles. The molecule has 0 atom stereocenters. The van der Waals surface area contributed by atoms with E-state index in [1.165, 1.54) is 12.0 Å². The fraction of sp³-hybridized carbons (Fsp3) is 0.158. The first kappa shape index (κ1) is 17.6. The lowest BCUT2D eigenvalue weighted by Gasteiger charge is -2.09. The fourth-order valence-electron chi connectivity index (χ4n) is 2.39. The molecule has 0 aliphatic rings. The van der Waals surface area contributed by atoms with Crippen LogP contribution in [0, 0.1) is 3.57 Å². The normalized spacial score (nSPS) is 11.4. The Labute approximate surface area is 160 Å². The van der Waals surface area contributed by atoms with Gasteiger partial charge in [-0.2, -0.15) is 5.10 Å². The third kappa shape index (κ3) is 4.90. The second-order valence-electron chi connectivity index (χ2n) is 5.91. The van der Waals surface area contributed by atoms with Gasteiger partial charge in [0, 0.05) is 15.7 Å². The number of hydrogen-bond donors (Lipinski definition) is 1. The van der Waals surface area contributed by atoms with Crippen LogP contribution in [-0.4, -0.2) is 30.2 Å². The minimum Gasteiger partial charge on any atom is -0.443 e. The molecule has 0 aliphatic heterocycles. The lowest BCUT2D eigenvalue weighted by molar-refractivity contribution is 0.402. The van der Waals surface area contributed by atoms with Crippen molar-refractivity contribution in [2.24, 2.45) is 5.10 Å². The van der Waals surface area contributed by atoms with Gasteiger partial charge in [0.2, 0.25) is 0 Å². The first-order chi connectivity index (χ1) is 12.1. The van der Waals surface area contributed by atoms with E-state index in [0.29, 0.717) is 0 Å². The van der Waals surface area contributed by atoms with Crippen molar-refractivity contribution in [2.75, 3.05) is 19.5 Å². The van der Waals surface area contributed by atoms with Gasteiger partial charge in [0.25, 0.3) is 0 Å². The molecule has 0 aliphatic carbocycles. The standard InChI is InChI=1S/C19H19IN4O/c1-24(2)12-15-5-3-14(4-6-15)10-22-23-16-7-8-17(18(20)9-16)19-11-21-13-25-19/h3-11,13,23H,12H2,1-2H3. The fourth-order valence-corrected chi connectivity index (χ4v) is 3.17. The number of benzene rings is 2. The molecule has 0 radical (unpaired) electrons. The summed E-state index contributed by atoms with van der Waals surface area (Å²) in [4.78, 5) is 6.10. The number of nitrogens with one attached hydrogen (secondary N) is 1. The Morgan fingerprint density at radius 2 is 2.00 bits per heavy atom. The van der Waals surface area contributed by atoms with Crippen molar-refractivity contribution in [3.8, 4) is 11.3 Å². The van der Waals surface area contributed by atoms with Crippen LogP contribution in [0.4, 0.5) is 5.69 Å². The molecule has 0 spiro atoms. The van der Waals surface area contributed by atoms with Gasteiger partial charge >= 0.3 is 0 Å². The van der Waals surface area contributed by atoms with Gasteiger partial charge in [-0.05, 0) is 66.0 Å². The van der Waals surface area contributed by atoms with E-state index in [4.69, 9.17) is 4.42 Å². The van der Waals surface area contributed by atoms with Gasteiger partial charge < -0.3 is 9.32 Å². The number of oxazole rings is 1. The van der Waals surface area contributed by atoms with E-state index in [1.807, 2.05) is 24.4 Å². The molecule has 1 heterocycles. The van der Waals surface area contributed by atoms with E-state index < -0.39 is 0 Å². The van der Waals surface area contributed by atoms with Crippen LogP contribution < -0.4 is 5.43 Å². The maximum atomic E-state index is 5.34. The van der Waals surface area contributed by atoms with Crippen molar-refractivity contribution < 1.29 is 4.42 Å². The molecule has 5 nitrogen and oxygen atoms in total. The van der Waals surface area contributed by atoms with Crippen molar-refractivity contribution in [2.45, 2.75) is 6.54 Å². The quantitative estimate of drug-likeness (QED) is 0.345. The van der Waals surface area contributed by atoms with E-state index in [9.17, 15) is 0 Å². The molecule has 0 fully saturated rings. The number of rotatable bonds is 6. The minimum absolute atomic E-state index is 0.761. The van der Waals surface area contributed by atoms with E-state index in [-0.39, 0.29) is 0 Å². The largest absolute Gasteiger partial charge is 0.443 e. The van der Waals surface area contributed by atoms with Gasteiger partial charge in [0.1, 0.15) is 0 Å². The maximum absolute atomic E-state index is 5.34. The van der Waals surface area contributed by atoms with Crippen LogP contribution in [0.15, 0.2) is 64.6 Å². The van der Waals surface area contributed by atoms with Gasteiger partial charge in [0.15, 0.2) is 12.2 Å². The van der Waals surface area contributed by atoms with Crippen LogP contribution in [0.1, 0.15) is 11.1 Å². The zero-order chi connectivity index (χ0) is 17.6. The van der Waals surface area contributed by atoms with Crippen molar-refractivity contribution in [3.63, 3.8) is 0 Å². The third-order valence-electron chi connectivity index (χ3n) is 3.55. The van der Waals surface area contributed by atoms with Crippen LogP contribution in [0.5, 0.6) is 0 Å². The molecule has 128 valence electrons. The predicted molar refractivity (Wildman–Crippen MR) is 110 cm³/mol. The minimum atomic E-state index is 0.761. The Morgan fingerprint density at radius 1 is 1.20 bits per heavy atom. The Kier molecular flexibility index (Phi) is 5.83. The summed E-state index contributed by atoms with van der Waals surface area (Å²) in [5.41, 5.74) is 7.35. The van der Waals surface area contributed by atoms with Crippen molar-refractivity contribution in [1.29, 1.82) is 0 Å². The molecule has 0 bridgehead atoms. The van der Waals surface area contributed by atoms with Gasteiger partial charge in [-0.15, -0.1) is 0 Å². The predicted octanol–water partition coefficient (Wildman–Crippen LogP) is 4.45. The Morgan fingerprint density at radius 3 is 2.64 bits per heavy atom. The first-order valence-electron chi connectivity index (χ1n) is 7.83. The summed E-state index contributed by atoms with van der Waals surface area (Å²) in [5, 5.41) is 4.31. The highest BCUT2D eigenvalue weighted by atomic mass is 127. The van der Waals surface area contributed by atoms with Gasteiger partial charge in [-0.3, -0.25) is 5.43 Å². The monoisotopic (exact) mass is 446 g/mol. The highest BCUT2D eigenvalue weighted by molar-refractivity contribution is 14.1. The van der Waals surface area contributed by atoms with E-state index in [0.717, 1.165) is 32.7 Å². The highest BCUT2D eigenvalue weighted by Crippen LogP contribution is 2.27. The Hall–Kier alpha value is -2.19. The zero-order valence-corrected chi connectivity index (χ0v) is 16.3. The Balaban J connectivity index is 1.63. The smallest absolute Gasteiger partial charge is 0.181 e. The first-order valence-corrected chi connectivity index (χ1v) is 8.91. The van der Waals surface area contributed by atoms with E-state index in [2.05, 4.69) is 81.4 Å². The molecular formula is C19H19IN4O. The summed E-state index contributed by atoms with van der Waals surface area (Å²) < 4.78 is 6.42. The SMILES string of the molecule is CN(C)Cc1ccc(C=NNc2ccc(-c3cnco3)c(I)c2)cc1. The van der Waals surface area contributed by atoms with Gasteiger partial charge in [-0.25, -0.2) is 4.98 Å². The summed E-state index contributed by atoms with van der Waals surface area (Å²) in [6.07, 6.45) is 4.96. The topological polar surface area (TPSA) is 53.7 Å². The summed E-state index contributed by atoms with van der Waals surface area (Å²) in [6, 6.07) is 14.4. The van der Waals surface area contributed by atoms with Crippen molar-refractivity contribution >= 4 is 34.5 Å². The lowest BCUT2D eigenvalue weighted by Crippen LogP contribution is -2.10. The molecule has 0 amide bonds. The molecule has 2 aromatic carbocycles. The van der Waals surface area contributed by atoms with Crippen LogP contribution >= 0.6 is 22.6 Å². The van der Waals surface area contributed by atoms with Crippen molar-refractivity contribution in [1.82, 2.24) is 9.88 Å². The van der Waals surface area contributed by atoms with Crippen LogP contribution in [-0.2, 0) is 6.54 Å². The van der Waals surface area contributed by atoms with Crippen LogP contribution in [0.3, 0.4) is 0 Å². The van der Waals surface area contributed by atoms with E-state index >= 15 is 0 Å². The summed E-state index contributed by atoms with van der Waals surface area (Å²) >= 11 is 2.28. The summed E-state index contributed by atoms with van der Waals surface area (Å²) in [7, 11) is 4.13. The average molecular weight is 446 g/mol. The van der Waals surface area contributed by atoms with Crippen LogP contribution in [0.2, 0.25) is 0 Å². The number of aromatic nitrogens is 1. The van der Waals surface area contributed by atoms with Crippen molar-refractivity contribution in [3.05, 3.63) is 69.8 Å². The summed E-state index contributed by atoms with van der Waals surface area (Å²) in [5.74, 6) is 0.761. The molecule has 25 heavy (non-hydrogen) atoms. The molecule has 0 saturated carbocycles. The number of halogens is 1. The second kappa shape index (κ2) is 8.26. The molecular weight excluding hydrogens is 427 g/mol. The molecule has 0 saturated heterocycles. The number of hydrazone groups is 1. The molecule has 0 unspecified atom stereocenters. The second-order valence-corrected chi connectivity index (χ2v) is 7.07. The molecule has 6 heteroatoms. The number of hydrogen-bond acceptors (Lipinski definition) is 5. The average Bonchev–Trinajstić information content (AvgIpc) is 3.10. The number of nitrogens with zero attached hydrogens (tertiary/aromatic N) is 3. The lowest BCUT2D eigenvalue weighted by atomic mass is 10.1. The highest BCUT2D eigenvalue weighted by Gasteiger charge is 2.06. The van der Waals surface area contributed by atoms with Gasteiger partial charge in [-0.1, -0.05) is 24.3 Å². The summed E-state index contributed by atoms with van der Waals surface area (Å²) in [6.45, 7) is 0.936. The van der Waals surface area contributed by atoms with Gasteiger partial charge in [0.05, 0.1) is 18.1 Å². The Bertz CT molecular complexity index is 842. The zero-order valence-electron chi connectivity index (χ0n) is 14.1. The van der Waals surface area contributed by atoms with E-state index in [1.54, 1.807) is 6.20 Å². The molecule has 3 aromatic rings. The van der Waals surface area contributed by atoms with Crippen LogP contribution in [0.25, 0.3) is 11.3 Å².